The van der Waals surface area contributed by atoms with Crippen molar-refractivity contribution in [3.63, 3.8) is 0 Å². The number of carbonyl (C=O) groups is 2. The van der Waals surface area contributed by atoms with Gasteiger partial charge >= 0.3 is 5.63 Å². The first kappa shape index (κ1) is 41.9. The molecule has 0 spiro atoms. The van der Waals surface area contributed by atoms with E-state index in [0.717, 1.165) is 22.3 Å². The molecule has 2 amide bonds. The number of amides is 2. The van der Waals surface area contributed by atoms with Crippen LogP contribution in [-0.2, 0) is 0 Å². The Kier molecular flexibility index (Phi) is 13.6. The molecule has 288 valence electrons. The van der Waals surface area contributed by atoms with E-state index in [9.17, 15) is 14.4 Å². The number of aromatic nitrogens is 7. The molecule has 0 aliphatic carbocycles. The summed E-state index contributed by atoms with van der Waals surface area (Å²) < 4.78 is 9.32. The standard InChI is InChI=1S/C19H17BrClN5O2.C18H12BrClN4O2.CH5N/c1-10-7-11(2)16(12(8-10)18(27)22-3)24-19(28)14-9-15(20)25-26(14)17-13(21)5-4-6-23-17;1-9-6-10(2)15-11(7-9)18(25)26-17(22-15)13-8-14(19)23-24(13)16-12(20)4-3-5-21-16;1-2/h4-9H,1-3H3,(H,22,27)(H,24,28);3-8H,1-2H3;2H2,1H3. The van der Waals surface area contributed by atoms with Gasteiger partial charge in [0.05, 0.1) is 32.2 Å². The largest absolute Gasteiger partial charge is 0.401 e. The van der Waals surface area contributed by atoms with Crippen LogP contribution in [0.1, 0.15) is 43.1 Å². The predicted octanol–water partition coefficient (Wildman–Crippen LogP) is 7.96. The van der Waals surface area contributed by atoms with Gasteiger partial charge in [0.1, 0.15) is 20.6 Å². The van der Waals surface area contributed by atoms with Crippen LogP contribution >= 0.6 is 55.1 Å². The molecule has 0 fully saturated rings. The highest BCUT2D eigenvalue weighted by Crippen LogP contribution is 2.29. The molecule has 0 unspecified atom stereocenters. The molecule has 0 bridgehead atoms. The van der Waals surface area contributed by atoms with Crippen molar-refractivity contribution in [2.75, 3.05) is 19.4 Å². The Hall–Kier alpha value is -5.26. The van der Waals surface area contributed by atoms with Crippen LogP contribution in [0.4, 0.5) is 5.69 Å². The average Bonchev–Trinajstić information content (AvgIpc) is 3.76. The summed E-state index contributed by atoms with van der Waals surface area (Å²) in [6.07, 6.45) is 3.17. The summed E-state index contributed by atoms with van der Waals surface area (Å²) >= 11 is 19.1. The third-order valence-electron chi connectivity index (χ3n) is 7.95. The molecule has 4 N–H and O–H groups in total. The summed E-state index contributed by atoms with van der Waals surface area (Å²) in [6, 6.07) is 17.4. The summed E-state index contributed by atoms with van der Waals surface area (Å²) in [5, 5.41) is 15.3. The second kappa shape index (κ2) is 18.1. The lowest BCUT2D eigenvalue weighted by Crippen LogP contribution is -2.23. The maximum absolute atomic E-state index is 13.0. The molecule has 14 nitrogen and oxygen atoms in total. The number of pyridine rings is 2. The zero-order valence-electron chi connectivity index (χ0n) is 30.8. The summed E-state index contributed by atoms with van der Waals surface area (Å²) in [6.45, 7) is 7.56. The smallest absolute Gasteiger partial charge is 0.347 e. The minimum absolute atomic E-state index is 0.148. The molecule has 18 heteroatoms. The van der Waals surface area contributed by atoms with Crippen molar-refractivity contribution in [2.45, 2.75) is 27.7 Å². The number of fused-ring (bicyclic) bond motifs is 1. The molecule has 0 atom stereocenters. The Labute approximate surface area is 347 Å². The van der Waals surface area contributed by atoms with Crippen molar-refractivity contribution in [2.24, 2.45) is 5.73 Å². The van der Waals surface area contributed by atoms with Crippen LogP contribution in [0.3, 0.4) is 0 Å². The number of aryl methyl sites for hydroxylation is 4. The highest BCUT2D eigenvalue weighted by molar-refractivity contribution is 9.10. The topological polar surface area (TPSA) is 189 Å². The normalized spacial score (nSPS) is 10.6. The van der Waals surface area contributed by atoms with Crippen molar-refractivity contribution < 1.29 is 14.0 Å². The van der Waals surface area contributed by atoms with E-state index in [1.54, 1.807) is 68.0 Å². The molecule has 0 saturated heterocycles. The second-order valence-electron chi connectivity index (χ2n) is 12.0. The third kappa shape index (κ3) is 9.06. The number of anilines is 1. The minimum atomic E-state index is -0.451. The van der Waals surface area contributed by atoms with E-state index >= 15 is 0 Å². The summed E-state index contributed by atoms with van der Waals surface area (Å²) in [5.41, 5.74) is 9.72. The molecule has 5 aromatic heterocycles. The van der Waals surface area contributed by atoms with Crippen LogP contribution in [0.25, 0.3) is 34.1 Å². The summed E-state index contributed by atoms with van der Waals surface area (Å²) in [5.74, 6) is 0.156. The first-order valence-electron chi connectivity index (χ1n) is 16.6. The van der Waals surface area contributed by atoms with Gasteiger partial charge in [-0.3, -0.25) is 9.59 Å². The van der Waals surface area contributed by atoms with Gasteiger partial charge in [-0.15, -0.1) is 0 Å². The van der Waals surface area contributed by atoms with Gasteiger partial charge in [0.15, 0.2) is 11.6 Å². The molecular weight excluding hydrogens is 891 g/mol. The summed E-state index contributed by atoms with van der Waals surface area (Å²) in [7, 11) is 3.04. The highest BCUT2D eigenvalue weighted by atomic mass is 79.9. The number of carbonyl (C=O) groups excluding carboxylic acids is 2. The lowest BCUT2D eigenvalue weighted by molar-refractivity contribution is 0.0963. The molecule has 56 heavy (non-hydrogen) atoms. The number of nitrogens with two attached hydrogens (primary N) is 1. The van der Waals surface area contributed by atoms with Gasteiger partial charge in [0, 0.05) is 31.6 Å². The van der Waals surface area contributed by atoms with Crippen molar-refractivity contribution in [3.8, 4) is 23.2 Å². The fourth-order valence-electron chi connectivity index (χ4n) is 5.67. The maximum atomic E-state index is 13.0. The molecular formula is C38H34Br2Cl2N10O4. The van der Waals surface area contributed by atoms with Crippen LogP contribution in [0.5, 0.6) is 0 Å². The fourth-order valence-corrected chi connectivity index (χ4v) is 6.83. The SMILES string of the molecule is CN.CNC(=O)c1cc(C)cc(C)c1NC(=O)c1cc(Br)nn1-c1ncccc1Cl.Cc1cc(C)c2nc(-c3cc(Br)nn3-c3ncccc3Cl)oc(=O)c2c1. The number of hydrogen-bond acceptors (Lipinski definition) is 10. The monoisotopic (exact) mass is 922 g/mol. The number of hydrogen-bond donors (Lipinski definition) is 3. The van der Waals surface area contributed by atoms with Crippen LogP contribution in [0.15, 0.2) is 91.5 Å². The molecule has 5 heterocycles. The molecule has 0 radical (unpaired) electrons. The van der Waals surface area contributed by atoms with E-state index in [2.05, 4.69) is 73.4 Å². The zero-order chi connectivity index (χ0) is 40.8. The first-order chi connectivity index (χ1) is 26.7. The predicted molar refractivity (Wildman–Crippen MR) is 224 cm³/mol. The maximum Gasteiger partial charge on any atom is 0.347 e. The zero-order valence-corrected chi connectivity index (χ0v) is 35.5. The van der Waals surface area contributed by atoms with E-state index < -0.39 is 11.5 Å². The van der Waals surface area contributed by atoms with Gasteiger partial charge in [0.2, 0.25) is 5.89 Å². The van der Waals surface area contributed by atoms with Gasteiger partial charge in [-0.2, -0.15) is 10.2 Å². The van der Waals surface area contributed by atoms with Crippen LogP contribution in [0.2, 0.25) is 10.0 Å². The van der Waals surface area contributed by atoms with E-state index in [4.69, 9.17) is 27.6 Å². The molecule has 0 aliphatic rings. The summed E-state index contributed by atoms with van der Waals surface area (Å²) in [4.78, 5) is 50.8. The number of nitrogens with one attached hydrogen (secondary N) is 2. The molecule has 7 aromatic rings. The van der Waals surface area contributed by atoms with Gasteiger partial charge in [-0.25, -0.2) is 29.1 Å². The van der Waals surface area contributed by atoms with Gasteiger partial charge in [-0.05, 0) is 125 Å². The van der Waals surface area contributed by atoms with Gasteiger partial charge in [-0.1, -0.05) is 35.3 Å². The Morgan fingerprint density at radius 1 is 0.786 bits per heavy atom. The van der Waals surface area contributed by atoms with Gasteiger partial charge in [0.25, 0.3) is 11.8 Å². The number of halogens is 4. The second-order valence-corrected chi connectivity index (χ2v) is 14.4. The van der Waals surface area contributed by atoms with Crippen molar-refractivity contribution in [1.29, 1.82) is 0 Å². The minimum Gasteiger partial charge on any atom is -0.401 e. The average molecular weight is 925 g/mol. The number of benzene rings is 2. The quantitative estimate of drug-likeness (QED) is 0.148. The highest BCUT2D eigenvalue weighted by Gasteiger charge is 2.23. The van der Waals surface area contributed by atoms with Crippen molar-refractivity contribution >= 4 is 83.5 Å². The Balaban J connectivity index is 0.000000206. The Bertz CT molecular complexity index is 2660. The molecule has 0 aliphatic heterocycles. The van der Waals surface area contributed by atoms with Crippen molar-refractivity contribution in [3.05, 3.63) is 136 Å². The van der Waals surface area contributed by atoms with E-state index in [-0.39, 0.29) is 17.5 Å². The van der Waals surface area contributed by atoms with E-state index in [1.165, 1.54) is 16.4 Å². The van der Waals surface area contributed by atoms with E-state index in [1.807, 2.05) is 39.8 Å². The lowest BCUT2D eigenvalue weighted by atomic mass is 10.0. The molecule has 0 saturated carbocycles. The van der Waals surface area contributed by atoms with Crippen molar-refractivity contribution in [1.82, 2.24) is 39.8 Å². The molecule has 2 aromatic carbocycles. The van der Waals surface area contributed by atoms with Crippen LogP contribution < -0.4 is 22.0 Å². The lowest BCUT2D eigenvalue weighted by Gasteiger charge is -2.15. The first-order valence-corrected chi connectivity index (χ1v) is 19.0. The van der Waals surface area contributed by atoms with Gasteiger partial charge < -0.3 is 20.8 Å². The number of nitrogens with zero attached hydrogens (tertiary/aromatic N) is 7. The Morgan fingerprint density at radius 3 is 1.98 bits per heavy atom. The van der Waals surface area contributed by atoms with Crippen LogP contribution in [0, 0.1) is 27.7 Å². The third-order valence-corrected chi connectivity index (χ3v) is 9.31. The molecule has 7 rings (SSSR count). The van der Waals surface area contributed by atoms with Crippen LogP contribution in [-0.4, -0.2) is 60.4 Å². The number of rotatable bonds is 6. The Morgan fingerprint density at radius 2 is 1.36 bits per heavy atom. The fraction of sp³-hybridized carbons (Fsp3) is 0.158. The van der Waals surface area contributed by atoms with E-state index in [0.29, 0.717) is 58.7 Å².